The number of nitrogen functional groups attached to an aromatic ring is 1. The van der Waals surface area contributed by atoms with Crippen LogP contribution in [0.25, 0.3) is 0 Å². The van der Waals surface area contributed by atoms with Gasteiger partial charge < -0.3 is 16.1 Å². The lowest BCUT2D eigenvalue weighted by atomic mass is 10.3. The van der Waals surface area contributed by atoms with E-state index in [0.717, 1.165) is 12.8 Å². The van der Waals surface area contributed by atoms with Gasteiger partial charge in [-0.05, 0) is 19.8 Å². The third-order valence-corrected chi connectivity index (χ3v) is 2.70. The minimum Gasteiger partial charge on any atom is -0.352 e. The highest BCUT2D eigenvalue weighted by Gasteiger charge is 2.26. The van der Waals surface area contributed by atoms with Crippen molar-refractivity contribution in [3.63, 3.8) is 0 Å². The highest BCUT2D eigenvalue weighted by Crippen LogP contribution is 2.18. The van der Waals surface area contributed by atoms with Gasteiger partial charge in [-0.3, -0.25) is 9.59 Å². The smallest absolute Gasteiger partial charge is 0.272 e. The van der Waals surface area contributed by atoms with Crippen LogP contribution in [-0.2, 0) is 4.79 Å². The third kappa shape index (κ3) is 3.62. The highest BCUT2D eigenvalue weighted by molar-refractivity contribution is 5.95. The van der Waals surface area contributed by atoms with Crippen LogP contribution in [0.4, 0.5) is 5.82 Å². The van der Waals surface area contributed by atoms with E-state index in [1.165, 1.54) is 12.4 Å². The molecular formula is C11H16N6O2. The first-order valence-electron chi connectivity index (χ1n) is 6.00. The summed E-state index contributed by atoms with van der Waals surface area (Å²) < 4.78 is 0. The fraction of sp³-hybridized carbons (Fsp3) is 0.455. The van der Waals surface area contributed by atoms with E-state index in [9.17, 15) is 9.59 Å². The molecule has 1 heterocycles. The van der Waals surface area contributed by atoms with E-state index in [1.807, 2.05) is 0 Å². The highest BCUT2D eigenvalue weighted by atomic mass is 16.2. The van der Waals surface area contributed by atoms with Crippen LogP contribution in [0.2, 0.25) is 0 Å². The molecule has 0 aliphatic heterocycles. The van der Waals surface area contributed by atoms with Crippen LogP contribution in [0, 0.1) is 0 Å². The molecule has 0 spiro atoms. The van der Waals surface area contributed by atoms with Crippen LogP contribution >= 0.6 is 0 Å². The number of hydrazine groups is 1. The molecule has 19 heavy (non-hydrogen) atoms. The summed E-state index contributed by atoms with van der Waals surface area (Å²) in [5.74, 6) is 4.86. The number of amides is 2. The van der Waals surface area contributed by atoms with Crippen molar-refractivity contribution >= 4 is 17.6 Å². The second-order valence-corrected chi connectivity index (χ2v) is 4.41. The van der Waals surface area contributed by atoms with Crippen molar-refractivity contribution in [3.05, 3.63) is 18.1 Å². The Morgan fingerprint density at radius 3 is 2.63 bits per heavy atom. The molecule has 8 heteroatoms. The Bertz CT molecular complexity index is 471. The maximum Gasteiger partial charge on any atom is 0.272 e. The first kappa shape index (κ1) is 13.2. The number of aromatic nitrogens is 2. The van der Waals surface area contributed by atoms with E-state index >= 15 is 0 Å². The average molecular weight is 264 g/mol. The number of nitrogens with zero attached hydrogens (tertiary/aromatic N) is 2. The zero-order valence-electron chi connectivity index (χ0n) is 10.5. The Hall–Kier alpha value is -2.22. The maximum atomic E-state index is 11.8. The van der Waals surface area contributed by atoms with Crippen molar-refractivity contribution in [1.29, 1.82) is 0 Å². The summed E-state index contributed by atoms with van der Waals surface area (Å²) in [6, 6.07) is -0.344. The summed E-state index contributed by atoms with van der Waals surface area (Å²) >= 11 is 0. The minimum absolute atomic E-state index is 0.130. The quantitative estimate of drug-likeness (QED) is 0.406. The van der Waals surface area contributed by atoms with E-state index in [1.54, 1.807) is 6.92 Å². The molecule has 1 aliphatic carbocycles. The van der Waals surface area contributed by atoms with Gasteiger partial charge in [-0.2, -0.15) is 0 Å². The van der Waals surface area contributed by atoms with Gasteiger partial charge in [0, 0.05) is 6.04 Å². The van der Waals surface area contributed by atoms with Crippen molar-refractivity contribution in [2.24, 2.45) is 5.84 Å². The van der Waals surface area contributed by atoms with Gasteiger partial charge in [0.2, 0.25) is 5.91 Å². The molecule has 1 saturated carbocycles. The molecule has 2 amide bonds. The van der Waals surface area contributed by atoms with Crippen LogP contribution in [0.15, 0.2) is 12.4 Å². The summed E-state index contributed by atoms with van der Waals surface area (Å²) in [4.78, 5) is 31.2. The molecule has 0 bridgehead atoms. The summed E-state index contributed by atoms with van der Waals surface area (Å²) in [6.45, 7) is 1.62. The van der Waals surface area contributed by atoms with Crippen molar-refractivity contribution in [3.8, 4) is 0 Å². The van der Waals surface area contributed by atoms with E-state index in [4.69, 9.17) is 5.84 Å². The molecule has 1 atom stereocenters. The monoisotopic (exact) mass is 264 g/mol. The van der Waals surface area contributed by atoms with Gasteiger partial charge in [-0.25, -0.2) is 15.8 Å². The number of carbonyl (C=O) groups excluding carboxylic acids is 2. The second-order valence-electron chi connectivity index (χ2n) is 4.41. The van der Waals surface area contributed by atoms with E-state index in [0.29, 0.717) is 5.82 Å². The molecule has 1 aliphatic rings. The van der Waals surface area contributed by atoms with Gasteiger partial charge in [0.25, 0.3) is 5.91 Å². The summed E-state index contributed by atoms with van der Waals surface area (Å²) in [7, 11) is 0. The van der Waals surface area contributed by atoms with Crippen molar-refractivity contribution < 1.29 is 9.59 Å². The van der Waals surface area contributed by atoms with Crippen molar-refractivity contribution in [2.75, 3.05) is 5.43 Å². The standard InChI is InChI=1S/C11H16N6O2/c1-6(10(18)16-7-2-3-7)15-11(19)8-4-14-9(17-12)5-13-8/h4-7H,2-3,12H2,1H3,(H,14,17)(H,15,19)(H,16,18). The van der Waals surface area contributed by atoms with Crippen molar-refractivity contribution in [2.45, 2.75) is 31.8 Å². The third-order valence-electron chi connectivity index (χ3n) is 2.70. The van der Waals surface area contributed by atoms with Crippen LogP contribution in [0.1, 0.15) is 30.3 Å². The Morgan fingerprint density at radius 2 is 2.11 bits per heavy atom. The first-order chi connectivity index (χ1) is 9.10. The number of nitrogens with two attached hydrogens (primary N) is 1. The van der Waals surface area contributed by atoms with Gasteiger partial charge >= 0.3 is 0 Å². The molecule has 1 aromatic heterocycles. The predicted molar refractivity (Wildman–Crippen MR) is 67.9 cm³/mol. The maximum absolute atomic E-state index is 11.8. The minimum atomic E-state index is -0.609. The lowest BCUT2D eigenvalue weighted by Crippen LogP contribution is -2.45. The molecule has 1 fully saturated rings. The topological polar surface area (TPSA) is 122 Å². The number of rotatable bonds is 5. The predicted octanol–water partition coefficient (Wildman–Crippen LogP) is -0.841. The van der Waals surface area contributed by atoms with E-state index in [2.05, 4.69) is 26.0 Å². The van der Waals surface area contributed by atoms with E-state index in [-0.39, 0.29) is 17.6 Å². The average Bonchev–Trinajstić information content (AvgIpc) is 3.22. The fourth-order valence-corrected chi connectivity index (χ4v) is 1.41. The fourth-order valence-electron chi connectivity index (χ4n) is 1.41. The molecular weight excluding hydrogens is 248 g/mol. The van der Waals surface area contributed by atoms with Crippen LogP contribution in [-0.4, -0.2) is 33.9 Å². The molecule has 8 nitrogen and oxygen atoms in total. The lowest BCUT2D eigenvalue weighted by molar-refractivity contribution is -0.122. The Balaban J connectivity index is 1.89. The van der Waals surface area contributed by atoms with E-state index < -0.39 is 11.9 Å². The summed E-state index contributed by atoms with van der Waals surface area (Å²) in [6.07, 6.45) is 4.64. The van der Waals surface area contributed by atoms with Gasteiger partial charge in [-0.15, -0.1) is 0 Å². The zero-order valence-corrected chi connectivity index (χ0v) is 10.5. The van der Waals surface area contributed by atoms with Gasteiger partial charge in [0.05, 0.1) is 12.4 Å². The molecule has 0 aromatic carbocycles. The summed E-state index contributed by atoms with van der Waals surface area (Å²) in [5, 5.41) is 5.37. The lowest BCUT2D eigenvalue weighted by Gasteiger charge is -2.13. The Labute approximate surface area is 110 Å². The number of anilines is 1. The molecule has 2 rings (SSSR count). The molecule has 0 saturated heterocycles. The normalized spacial score (nSPS) is 15.5. The Morgan fingerprint density at radius 1 is 1.37 bits per heavy atom. The first-order valence-corrected chi connectivity index (χ1v) is 6.00. The number of nitrogens with one attached hydrogen (secondary N) is 3. The van der Waals surface area contributed by atoms with Crippen LogP contribution in [0.3, 0.4) is 0 Å². The van der Waals surface area contributed by atoms with Gasteiger partial charge in [0.15, 0.2) is 5.82 Å². The molecule has 5 N–H and O–H groups in total. The molecule has 1 unspecified atom stereocenters. The largest absolute Gasteiger partial charge is 0.352 e. The molecule has 1 aromatic rings. The van der Waals surface area contributed by atoms with Gasteiger partial charge in [-0.1, -0.05) is 0 Å². The van der Waals surface area contributed by atoms with Gasteiger partial charge in [0.1, 0.15) is 11.7 Å². The Kier molecular flexibility index (Phi) is 3.91. The molecule has 0 radical (unpaired) electrons. The van der Waals surface area contributed by atoms with Crippen LogP contribution < -0.4 is 21.9 Å². The van der Waals surface area contributed by atoms with Crippen LogP contribution in [0.5, 0.6) is 0 Å². The summed E-state index contributed by atoms with van der Waals surface area (Å²) in [5.41, 5.74) is 2.44. The zero-order chi connectivity index (χ0) is 13.8. The van der Waals surface area contributed by atoms with Crippen molar-refractivity contribution in [1.82, 2.24) is 20.6 Å². The SMILES string of the molecule is CC(NC(=O)c1cnc(NN)cn1)C(=O)NC1CC1. The number of hydrogen-bond donors (Lipinski definition) is 4. The number of hydrogen-bond acceptors (Lipinski definition) is 6. The number of carbonyl (C=O) groups is 2. The molecule has 102 valence electrons. The second kappa shape index (κ2) is 5.61.